The lowest BCUT2D eigenvalue weighted by molar-refractivity contribution is -0.116. The van der Waals surface area contributed by atoms with Crippen molar-refractivity contribution in [2.24, 2.45) is 0 Å². The summed E-state index contributed by atoms with van der Waals surface area (Å²) in [6, 6.07) is 11.5. The Labute approximate surface area is 125 Å². The fourth-order valence-electron chi connectivity index (χ4n) is 2.32. The fourth-order valence-corrected chi connectivity index (χ4v) is 2.32. The van der Waals surface area contributed by atoms with E-state index in [9.17, 15) is 4.79 Å². The third-order valence-electron chi connectivity index (χ3n) is 3.36. The molecule has 0 aliphatic heterocycles. The molecule has 1 aromatic carbocycles. The molecule has 3 N–H and O–H groups in total. The maximum absolute atomic E-state index is 12.1. The van der Waals surface area contributed by atoms with Crippen LogP contribution >= 0.6 is 0 Å². The van der Waals surface area contributed by atoms with Crippen LogP contribution in [0.1, 0.15) is 36.1 Å². The highest BCUT2D eigenvalue weighted by Crippen LogP contribution is 2.21. The van der Waals surface area contributed by atoms with E-state index in [2.05, 4.69) is 10.3 Å². The molecule has 1 aromatic heterocycles. The number of aryl methyl sites for hydroxylation is 2. The van der Waals surface area contributed by atoms with E-state index in [0.717, 1.165) is 22.5 Å². The zero-order valence-corrected chi connectivity index (χ0v) is 12.7. The molecular formula is C17H21N3O. The van der Waals surface area contributed by atoms with Crippen LogP contribution in [0.2, 0.25) is 0 Å². The number of carbonyl (C=O) groups excluding carboxylic acids is 1. The quantitative estimate of drug-likeness (QED) is 0.845. The number of aromatic nitrogens is 1. The van der Waals surface area contributed by atoms with E-state index < -0.39 is 0 Å². The van der Waals surface area contributed by atoms with Gasteiger partial charge in [-0.1, -0.05) is 19.1 Å². The zero-order valence-electron chi connectivity index (χ0n) is 12.7. The lowest BCUT2D eigenvalue weighted by Gasteiger charge is -2.12. The van der Waals surface area contributed by atoms with Crippen LogP contribution in [-0.2, 0) is 4.79 Å². The van der Waals surface area contributed by atoms with E-state index in [1.807, 2.05) is 57.2 Å². The molecule has 4 nitrogen and oxygen atoms in total. The Kier molecular flexibility index (Phi) is 4.58. The predicted octanol–water partition coefficient (Wildman–Crippen LogP) is 3.41. The molecule has 0 radical (unpaired) electrons. The molecule has 0 aliphatic rings. The average molecular weight is 283 g/mol. The van der Waals surface area contributed by atoms with Crippen molar-refractivity contribution in [1.29, 1.82) is 0 Å². The van der Waals surface area contributed by atoms with Gasteiger partial charge in [-0.2, -0.15) is 0 Å². The first-order valence-corrected chi connectivity index (χ1v) is 7.04. The summed E-state index contributed by atoms with van der Waals surface area (Å²) in [6.07, 6.45) is 0.415. The van der Waals surface area contributed by atoms with E-state index in [0.29, 0.717) is 12.2 Å². The molecule has 110 valence electrons. The number of nitrogen functional groups attached to an aromatic ring is 1. The number of nitrogens with zero attached hydrogens (tertiary/aromatic N) is 1. The van der Waals surface area contributed by atoms with Gasteiger partial charge in [-0.15, -0.1) is 0 Å². The van der Waals surface area contributed by atoms with Crippen LogP contribution < -0.4 is 11.1 Å². The number of anilines is 2. The van der Waals surface area contributed by atoms with Crippen molar-refractivity contribution in [3.63, 3.8) is 0 Å². The molecule has 1 atom stereocenters. The summed E-state index contributed by atoms with van der Waals surface area (Å²) in [5.41, 5.74) is 9.49. The molecule has 0 saturated carbocycles. The molecule has 0 aliphatic carbocycles. The first kappa shape index (κ1) is 15.0. The van der Waals surface area contributed by atoms with Crippen LogP contribution in [0.25, 0.3) is 0 Å². The maximum atomic E-state index is 12.1. The zero-order chi connectivity index (χ0) is 15.4. The summed E-state index contributed by atoms with van der Waals surface area (Å²) in [5, 5.41) is 2.86. The Balaban J connectivity index is 1.99. The van der Waals surface area contributed by atoms with Crippen molar-refractivity contribution in [2.45, 2.75) is 33.1 Å². The average Bonchev–Trinajstić information content (AvgIpc) is 2.37. The van der Waals surface area contributed by atoms with Crippen molar-refractivity contribution in [3.8, 4) is 0 Å². The number of nitrogens with one attached hydrogen (secondary N) is 1. The Hall–Kier alpha value is -2.36. The van der Waals surface area contributed by atoms with Gasteiger partial charge in [-0.25, -0.2) is 4.98 Å². The second-order valence-corrected chi connectivity index (χ2v) is 5.49. The van der Waals surface area contributed by atoms with Gasteiger partial charge in [0.05, 0.1) is 0 Å². The second kappa shape index (κ2) is 6.39. The largest absolute Gasteiger partial charge is 0.399 e. The van der Waals surface area contributed by atoms with E-state index in [1.165, 1.54) is 0 Å². The minimum absolute atomic E-state index is 0.0307. The maximum Gasteiger partial charge on any atom is 0.226 e. The van der Waals surface area contributed by atoms with Gasteiger partial charge in [-0.3, -0.25) is 4.79 Å². The molecule has 1 heterocycles. The molecule has 1 unspecified atom stereocenters. The predicted molar refractivity (Wildman–Crippen MR) is 86.2 cm³/mol. The number of hydrogen-bond acceptors (Lipinski definition) is 3. The number of hydrogen-bond donors (Lipinski definition) is 2. The van der Waals surface area contributed by atoms with Crippen molar-refractivity contribution in [2.75, 3.05) is 11.1 Å². The van der Waals surface area contributed by atoms with Gasteiger partial charge in [0, 0.05) is 17.8 Å². The van der Waals surface area contributed by atoms with Gasteiger partial charge >= 0.3 is 0 Å². The minimum Gasteiger partial charge on any atom is -0.399 e. The summed E-state index contributed by atoms with van der Waals surface area (Å²) in [4.78, 5) is 16.4. The first-order chi connectivity index (χ1) is 9.94. The third-order valence-corrected chi connectivity index (χ3v) is 3.36. The topological polar surface area (TPSA) is 68.0 Å². The number of benzene rings is 1. The van der Waals surface area contributed by atoms with Gasteiger partial charge in [0.25, 0.3) is 0 Å². The van der Waals surface area contributed by atoms with Crippen molar-refractivity contribution in [3.05, 3.63) is 53.2 Å². The second-order valence-electron chi connectivity index (χ2n) is 5.49. The Morgan fingerprint density at radius 1 is 1.24 bits per heavy atom. The molecule has 2 rings (SSSR count). The molecular weight excluding hydrogens is 262 g/mol. The number of pyridine rings is 1. The van der Waals surface area contributed by atoms with Crippen molar-refractivity contribution >= 4 is 17.4 Å². The molecule has 0 saturated heterocycles. The fraction of sp³-hybridized carbons (Fsp3) is 0.294. The van der Waals surface area contributed by atoms with Gasteiger partial charge < -0.3 is 11.1 Å². The van der Waals surface area contributed by atoms with Gasteiger partial charge in [0.1, 0.15) is 5.82 Å². The van der Waals surface area contributed by atoms with Gasteiger partial charge in [-0.05, 0) is 55.2 Å². The summed E-state index contributed by atoms with van der Waals surface area (Å²) < 4.78 is 0. The monoisotopic (exact) mass is 283 g/mol. The molecule has 21 heavy (non-hydrogen) atoms. The third kappa shape index (κ3) is 4.31. The van der Waals surface area contributed by atoms with Crippen LogP contribution in [0.4, 0.5) is 11.5 Å². The summed E-state index contributed by atoms with van der Waals surface area (Å²) in [5.74, 6) is 0.718. The smallest absolute Gasteiger partial charge is 0.226 e. The molecule has 1 amide bonds. The molecule has 0 fully saturated rings. The Bertz CT molecular complexity index is 615. The van der Waals surface area contributed by atoms with Crippen LogP contribution in [0.5, 0.6) is 0 Å². The SMILES string of the molecule is Cc1cc(C)nc(NC(=O)CC(C)c2ccc(N)cc2)c1. The summed E-state index contributed by atoms with van der Waals surface area (Å²) in [6.45, 7) is 5.93. The van der Waals surface area contributed by atoms with Crippen molar-refractivity contribution < 1.29 is 4.79 Å². The van der Waals surface area contributed by atoms with Crippen LogP contribution in [-0.4, -0.2) is 10.9 Å². The van der Waals surface area contributed by atoms with Crippen LogP contribution in [0, 0.1) is 13.8 Å². The normalized spacial score (nSPS) is 12.0. The number of nitrogens with two attached hydrogens (primary N) is 1. The van der Waals surface area contributed by atoms with Gasteiger partial charge in [0.15, 0.2) is 0 Å². The number of rotatable bonds is 4. The van der Waals surface area contributed by atoms with Crippen molar-refractivity contribution in [1.82, 2.24) is 4.98 Å². The van der Waals surface area contributed by atoms with Crippen LogP contribution in [0.15, 0.2) is 36.4 Å². The van der Waals surface area contributed by atoms with Crippen LogP contribution in [0.3, 0.4) is 0 Å². The van der Waals surface area contributed by atoms with E-state index in [4.69, 9.17) is 5.73 Å². The highest BCUT2D eigenvalue weighted by Gasteiger charge is 2.12. The van der Waals surface area contributed by atoms with E-state index in [-0.39, 0.29) is 11.8 Å². The molecule has 0 spiro atoms. The van der Waals surface area contributed by atoms with E-state index >= 15 is 0 Å². The molecule has 2 aromatic rings. The Morgan fingerprint density at radius 3 is 2.52 bits per heavy atom. The number of amides is 1. The highest BCUT2D eigenvalue weighted by atomic mass is 16.1. The van der Waals surface area contributed by atoms with Gasteiger partial charge in [0.2, 0.25) is 5.91 Å². The standard InChI is InChI=1S/C17H21N3O/c1-11-8-13(3)19-16(9-11)20-17(21)10-12(2)14-4-6-15(18)7-5-14/h4-9,12H,10,18H2,1-3H3,(H,19,20,21). The van der Waals surface area contributed by atoms with E-state index in [1.54, 1.807) is 0 Å². The molecule has 4 heteroatoms. The minimum atomic E-state index is -0.0307. The first-order valence-electron chi connectivity index (χ1n) is 7.04. The Morgan fingerprint density at radius 2 is 1.90 bits per heavy atom. The lowest BCUT2D eigenvalue weighted by Crippen LogP contribution is -2.15. The lowest BCUT2D eigenvalue weighted by atomic mass is 9.97. The highest BCUT2D eigenvalue weighted by molar-refractivity contribution is 5.90. The summed E-state index contributed by atoms with van der Waals surface area (Å²) >= 11 is 0. The number of carbonyl (C=O) groups is 1. The molecule has 0 bridgehead atoms. The summed E-state index contributed by atoms with van der Waals surface area (Å²) in [7, 11) is 0.